The minimum atomic E-state index is -0.587. The van der Waals surface area contributed by atoms with Gasteiger partial charge in [-0.3, -0.25) is 18.7 Å². The van der Waals surface area contributed by atoms with E-state index in [1.54, 1.807) is 0 Å². The van der Waals surface area contributed by atoms with Gasteiger partial charge >= 0.3 is 5.69 Å². The first-order valence-electron chi connectivity index (χ1n) is 10.2. The Morgan fingerprint density at radius 3 is 2.19 bits per heavy atom. The molecule has 2 heterocycles. The molecule has 0 N–H and O–H groups in total. The number of hydrogen-bond donors (Lipinski definition) is 0. The lowest BCUT2D eigenvalue weighted by Crippen LogP contribution is -2.45. The molecule has 5 rings (SSSR count). The first kappa shape index (κ1) is 19.2. The van der Waals surface area contributed by atoms with Gasteiger partial charge in [-0.05, 0) is 29.2 Å². The summed E-state index contributed by atoms with van der Waals surface area (Å²) < 4.78 is 2.25. The molecule has 2 aliphatic rings. The zero-order valence-electron chi connectivity index (χ0n) is 17.3. The number of hydrogen-bond acceptors (Lipinski definition) is 4. The molecular weight excluding hydrogens is 390 g/mol. The quantitative estimate of drug-likeness (QED) is 0.650. The maximum absolute atomic E-state index is 13.7. The monoisotopic (exact) mass is 411 g/mol. The van der Waals surface area contributed by atoms with Crippen LogP contribution in [-0.2, 0) is 14.1 Å². The number of benzene rings is 2. The van der Waals surface area contributed by atoms with Crippen LogP contribution in [0.15, 0.2) is 81.3 Å². The van der Waals surface area contributed by atoms with Gasteiger partial charge in [0.25, 0.3) is 5.56 Å². The lowest BCUT2D eigenvalue weighted by Gasteiger charge is -2.34. The molecule has 31 heavy (non-hydrogen) atoms. The van der Waals surface area contributed by atoms with Gasteiger partial charge in [0.05, 0.1) is 11.6 Å². The molecule has 2 aromatic carbocycles. The number of aromatic nitrogens is 2. The summed E-state index contributed by atoms with van der Waals surface area (Å²) in [5.74, 6) is -0.842. The number of allylic oxidation sites excluding steroid dienone is 2. The van der Waals surface area contributed by atoms with Crippen LogP contribution in [0.1, 0.15) is 33.8 Å². The minimum absolute atomic E-state index is 0.00385. The zero-order chi connectivity index (χ0) is 21.7. The molecule has 0 bridgehead atoms. The van der Waals surface area contributed by atoms with Crippen LogP contribution in [0.4, 0.5) is 5.82 Å². The SMILES string of the molecule is Cn1c2c(c(=O)n(C)c1=O)C(=O)C1C(=N2)C=C(c2ccccc2)CC1c1ccccc1. The third-order valence-corrected chi connectivity index (χ3v) is 6.25. The lowest BCUT2D eigenvalue weighted by molar-refractivity contribution is 0.0935. The number of nitrogens with zero attached hydrogens (tertiary/aromatic N) is 3. The zero-order valence-corrected chi connectivity index (χ0v) is 17.3. The van der Waals surface area contributed by atoms with E-state index >= 15 is 0 Å². The molecule has 0 fully saturated rings. The summed E-state index contributed by atoms with van der Waals surface area (Å²) in [6.07, 6.45) is 2.60. The predicted octanol–water partition coefficient (Wildman–Crippen LogP) is 3.24. The Morgan fingerprint density at radius 2 is 1.52 bits per heavy atom. The molecular formula is C25H21N3O3. The third-order valence-electron chi connectivity index (χ3n) is 6.25. The van der Waals surface area contributed by atoms with E-state index in [1.165, 1.54) is 18.7 Å². The molecule has 0 amide bonds. The van der Waals surface area contributed by atoms with Crippen molar-refractivity contribution in [3.05, 3.63) is 104 Å². The van der Waals surface area contributed by atoms with Gasteiger partial charge in [0.2, 0.25) is 0 Å². The molecule has 0 radical (unpaired) electrons. The lowest BCUT2D eigenvalue weighted by atomic mass is 9.70. The Labute approximate surface area is 178 Å². The molecule has 0 saturated heterocycles. The second kappa shape index (κ2) is 7.16. The van der Waals surface area contributed by atoms with Gasteiger partial charge in [0, 0.05) is 20.0 Å². The average Bonchev–Trinajstić information content (AvgIpc) is 2.81. The van der Waals surface area contributed by atoms with Crippen LogP contribution in [0.3, 0.4) is 0 Å². The van der Waals surface area contributed by atoms with Gasteiger partial charge in [-0.1, -0.05) is 60.7 Å². The van der Waals surface area contributed by atoms with E-state index < -0.39 is 17.2 Å². The fourth-order valence-corrected chi connectivity index (χ4v) is 4.63. The van der Waals surface area contributed by atoms with E-state index in [0.29, 0.717) is 12.1 Å². The van der Waals surface area contributed by atoms with E-state index in [2.05, 4.69) is 0 Å². The molecule has 1 aliphatic heterocycles. The number of ketones is 1. The number of rotatable bonds is 2. The summed E-state index contributed by atoms with van der Waals surface area (Å²) in [5.41, 5.74) is 2.68. The Bertz CT molecular complexity index is 1380. The van der Waals surface area contributed by atoms with Crippen LogP contribution in [0.2, 0.25) is 0 Å². The van der Waals surface area contributed by atoms with Crippen LogP contribution >= 0.6 is 0 Å². The number of Topliss-reactive ketones (excluding diaryl/α,β-unsaturated/α-hetero) is 1. The van der Waals surface area contributed by atoms with E-state index in [-0.39, 0.29) is 23.1 Å². The van der Waals surface area contributed by atoms with E-state index in [4.69, 9.17) is 4.99 Å². The second-order valence-electron chi connectivity index (χ2n) is 8.04. The van der Waals surface area contributed by atoms with Crippen molar-refractivity contribution >= 4 is 22.9 Å². The number of aliphatic imine (C=N–C) groups is 1. The fourth-order valence-electron chi connectivity index (χ4n) is 4.63. The topological polar surface area (TPSA) is 73.4 Å². The average molecular weight is 411 g/mol. The van der Waals surface area contributed by atoms with Crippen molar-refractivity contribution in [1.29, 1.82) is 0 Å². The molecule has 6 heteroatoms. The first-order valence-corrected chi connectivity index (χ1v) is 10.2. The molecule has 0 spiro atoms. The van der Waals surface area contributed by atoms with Gasteiger partial charge < -0.3 is 0 Å². The maximum Gasteiger partial charge on any atom is 0.332 e. The molecule has 3 aromatic rings. The van der Waals surface area contributed by atoms with Gasteiger partial charge in [-0.25, -0.2) is 9.79 Å². The smallest absolute Gasteiger partial charge is 0.293 e. The van der Waals surface area contributed by atoms with Gasteiger partial charge in [0.1, 0.15) is 5.56 Å². The van der Waals surface area contributed by atoms with Gasteiger partial charge in [0.15, 0.2) is 11.6 Å². The van der Waals surface area contributed by atoms with Crippen molar-refractivity contribution in [3.63, 3.8) is 0 Å². The highest BCUT2D eigenvalue weighted by Gasteiger charge is 2.42. The number of carbonyl (C=O) groups is 1. The van der Waals surface area contributed by atoms with Crippen LogP contribution in [-0.4, -0.2) is 20.6 Å². The number of carbonyl (C=O) groups excluding carboxylic acids is 1. The maximum atomic E-state index is 13.7. The van der Waals surface area contributed by atoms with Crippen molar-refractivity contribution in [2.75, 3.05) is 0 Å². The summed E-state index contributed by atoms with van der Waals surface area (Å²) in [7, 11) is 2.93. The van der Waals surface area contributed by atoms with Crippen molar-refractivity contribution < 1.29 is 4.79 Å². The standard InChI is InChI=1S/C25H21N3O3/c1-27-23-21(24(30)28(2)25(27)31)22(29)20-18(16-11-7-4-8-12-16)13-17(14-19(20)26-23)15-9-5-3-6-10-15/h3-12,14,18,20H,13H2,1-2H3. The minimum Gasteiger partial charge on any atom is -0.293 e. The Morgan fingerprint density at radius 1 is 0.871 bits per heavy atom. The summed E-state index contributed by atoms with van der Waals surface area (Å²) in [5, 5.41) is 0. The van der Waals surface area contributed by atoms with Crippen LogP contribution in [0.5, 0.6) is 0 Å². The molecule has 1 aliphatic carbocycles. The van der Waals surface area contributed by atoms with Crippen molar-refractivity contribution in [3.8, 4) is 0 Å². The predicted molar refractivity (Wildman–Crippen MR) is 120 cm³/mol. The normalized spacial score (nSPS) is 19.9. The highest BCUT2D eigenvalue weighted by atomic mass is 16.2. The largest absolute Gasteiger partial charge is 0.332 e. The Hall–Kier alpha value is -3.80. The summed E-state index contributed by atoms with van der Waals surface area (Å²) in [6, 6.07) is 19.9. The molecule has 2 atom stereocenters. The van der Waals surface area contributed by atoms with Gasteiger partial charge in [-0.15, -0.1) is 0 Å². The fraction of sp³-hybridized carbons (Fsp3) is 0.200. The van der Waals surface area contributed by atoms with Crippen LogP contribution in [0.25, 0.3) is 5.57 Å². The van der Waals surface area contributed by atoms with Crippen molar-refractivity contribution in [2.45, 2.75) is 12.3 Å². The molecule has 1 aromatic heterocycles. The van der Waals surface area contributed by atoms with E-state index in [1.807, 2.05) is 66.7 Å². The van der Waals surface area contributed by atoms with Crippen LogP contribution < -0.4 is 11.2 Å². The van der Waals surface area contributed by atoms with E-state index in [0.717, 1.165) is 21.3 Å². The van der Waals surface area contributed by atoms with Gasteiger partial charge in [-0.2, -0.15) is 0 Å². The third kappa shape index (κ3) is 2.94. The van der Waals surface area contributed by atoms with Crippen molar-refractivity contribution in [1.82, 2.24) is 9.13 Å². The summed E-state index contributed by atoms with van der Waals surface area (Å²) in [4.78, 5) is 43.7. The molecule has 154 valence electrons. The summed E-state index contributed by atoms with van der Waals surface area (Å²) in [6.45, 7) is 0. The summed E-state index contributed by atoms with van der Waals surface area (Å²) >= 11 is 0. The van der Waals surface area contributed by atoms with Crippen molar-refractivity contribution in [2.24, 2.45) is 25.0 Å². The van der Waals surface area contributed by atoms with E-state index in [9.17, 15) is 14.4 Å². The molecule has 6 nitrogen and oxygen atoms in total. The Kier molecular flexibility index (Phi) is 4.43. The number of fused-ring (bicyclic) bond motifs is 2. The first-order chi connectivity index (χ1) is 15.0. The molecule has 0 saturated carbocycles. The Balaban J connectivity index is 1.78. The molecule has 2 unspecified atom stereocenters. The highest BCUT2D eigenvalue weighted by Crippen LogP contribution is 2.44. The van der Waals surface area contributed by atoms with Crippen LogP contribution in [0, 0.1) is 5.92 Å². The highest BCUT2D eigenvalue weighted by molar-refractivity contribution is 6.23. The second-order valence-corrected chi connectivity index (χ2v) is 8.04.